The zero-order valence-electron chi connectivity index (χ0n) is 6.08. The Bertz CT molecular complexity index is 73.3. The van der Waals surface area contributed by atoms with Crippen molar-refractivity contribution in [3.8, 4) is 0 Å². The Morgan fingerprint density at radius 3 is 2.70 bits per heavy atom. The molecule has 0 saturated heterocycles. The Morgan fingerprint density at radius 2 is 2.10 bits per heavy atom. The van der Waals surface area contributed by atoms with Gasteiger partial charge < -0.3 is 14.6 Å². The largest absolute Gasteiger partial charge is 0.394 e. The molecule has 0 saturated carbocycles. The maximum absolute atomic E-state index is 9.81. The normalized spacial score (nSPS) is 9.70. The van der Waals surface area contributed by atoms with E-state index in [0.29, 0.717) is 19.6 Å². The number of aliphatic hydroxyl groups is 1. The third kappa shape index (κ3) is 7.59. The van der Waals surface area contributed by atoms with Gasteiger partial charge in [0.25, 0.3) is 0 Å². The molecule has 0 aromatic carbocycles. The Morgan fingerprint density at radius 1 is 1.30 bits per heavy atom. The smallest absolute Gasteiger partial charge is 0.119 e. The van der Waals surface area contributed by atoms with Gasteiger partial charge in [0.05, 0.1) is 13.2 Å². The number of ether oxygens (including phenoxy) is 1. The molecule has 3 nitrogen and oxygen atoms in total. The molecule has 0 aliphatic heterocycles. The Labute approximate surface area is 61.0 Å². The predicted molar refractivity (Wildman–Crippen MR) is 37.8 cm³/mol. The lowest BCUT2D eigenvalue weighted by Crippen LogP contribution is -2.00. The first-order valence-corrected chi connectivity index (χ1v) is 3.54. The van der Waals surface area contributed by atoms with E-state index in [4.69, 9.17) is 9.84 Å². The SMILES string of the molecule is O=CCCCCOCCO. The molecule has 10 heavy (non-hydrogen) atoms. The van der Waals surface area contributed by atoms with Gasteiger partial charge in [0, 0.05) is 13.0 Å². The minimum atomic E-state index is 0.0771. The van der Waals surface area contributed by atoms with E-state index in [1.807, 2.05) is 0 Å². The van der Waals surface area contributed by atoms with Gasteiger partial charge in [-0.15, -0.1) is 0 Å². The first kappa shape index (κ1) is 9.59. The number of aldehydes is 1. The van der Waals surface area contributed by atoms with Crippen molar-refractivity contribution < 1.29 is 14.6 Å². The number of unbranched alkanes of at least 4 members (excludes halogenated alkanes) is 2. The summed E-state index contributed by atoms with van der Waals surface area (Å²) in [6.07, 6.45) is 3.31. The van der Waals surface area contributed by atoms with Crippen LogP contribution >= 0.6 is 0 Å². The standard InChI is InChI=1S/C7H14O3/c8-4-2-1-3-6-10-7-5-9/h4,9H,1-3,5-7H2. The van der Waals surface area contributed by atoms with E-state index < -0.39 is 0 Å². The molecule has 0 atom stereocenters. The Balaban J connectivity index is 2.70. The first-order valence-electron chi connectivity index (χ1n) is 3.54. The summed E-state index contributed by atoms with van der Waals surface area (Å²) in [5.74, 6) is 0. The third-order valence-corrected chi connectivity index (χ3v) is 1.10. The number of carbonyl (C=O) groups excluding carboxylic acids is 1. The first-order chi connectivity index (χ1) is 4.91. The molecule has 0 spiro atoms. The molecule has 0 bridgehead atoms. The molecule has 3 heteroatoms. The summed E-state index contributed by atoms with van der Waals surface area (Å²) in [7, 11) is 0. The lowest BCUT2D eigenvalue weighted by atomic mass is 10.3. The lowest BCUT2D eigenvalue weighted by Gasteiger charge is -1.98. The van der Waals surface area contributed by atoms with Gasteiger partial charge in [0.1, 0.15) is 6.29 Å². The quantitative estimate of drug-likeness (QED) is 0.417. The van der Waals surface area contributed by atoms with Gasteiger partial charge in [0.15, 0.2) is 0 Å². The molecular formula is C7H14O3. The van der Waals surface area contributed by atoms with E-state index >= 15 is 0 Å². The molecule has 0 rings (SSSR count). The molecule has 0 aliphatic rings. The van der Waals surface area contributed by atoms with Crippen molar-refractivity contribution in [2.75, 3.05) is 19.8 Å². The van der Waals surface area contributed by atoms with Crippen LogP contribution in [0.5, 0.6) is 0 Å². The zero-order chi connectivity index (χ0) is 7.66. The molecule has 0 aromatic rings. The van der Waals surface area contributed by atoms with Crippen LogP contribution in [0.15, 0.2) is 0 Å². The second kappa shape index (κ2) is 8.59. The summed E-state index contributed by atoms with van der Waals surface area (Å²) in [6, 6.07) is 0. The van der Waals surface area contributed by atoms with Crippen molar-refractivity contribution in [3.63, 3.8) is 0 Å². The van der Waals surface area contributed by atoms with Crippen molar-refractivity contribution in [2.45, 2.75) is 19.3 Å². The van der Waals surface area contributed by atoms with Crippen molar-refractivity contribution >= 4 is 6.29 Å². The lowest BCUT2D eigenvalue weighted by molar-refractivity contribution is -0.108. The zero-order valence-corrected chi connectivity index (χ0v) is 6.08. The topological polar surface area (TPSA) is 46.5 Å². The van der Waals surface area contributed by atoms with E-state index in [-0.39, 0.29) is 6.61 Å². The summed E-state index contributed by atoms with van der Waals surface area (Å²) in [5, 5.41) is 8.29. The van der Waals surface area contributed by atoms with E-state index in [1.54, 1.807) is 0 Å². The molecule has 0 aliphatic carbocycles. The van der Waals surface area contributed by atoms with Gasteiger partial charge in [-0.3, -0.25) is 0 Å². The Kier molecular flexibility index (Phi) is 8.24. The van der Waals surface area contributed by atoms with Crippen LogP contribution in [-0.4, -0.2) is 31.2 Å². The van der Waals surface area contributed by atoms with E-state index in [2.05, 4.69) is 0 Å². The van der Waals surface area contributed by atoms with Crippen molar-refractivity contribution in [1.29, 1.82) is 0 Å². The number of rotatable bonds is 7. The molecule has 0 heterocycles. The molecule has 0 amide bonds. The van der Waals surface area contributed by atoms with Crippen molar-refractivity contribution in [3.05, 3.63) is 0 Å². The van der Waals surface area contributed by atoms with Gasteiger partial charge in [-0.2, -0.15) is 0 Å². The fourth-order valence-corrected chi connectivity index (χ4v) is 0.598. The summed E-state index contributed by atoms with van der Waals surface area (Å²) >= 11 is 0. The molecule has 0 radical (unpaired) electrons. The molecule has 60 valence electrons. The summed E-state index contributed by atoms with van der Waals surface area (Å²) < 4.78 is 4.96. The van der Waals surface area contributed by atoms with E-state index in [9.17, 15) is 4.79 Å². The molecule has 1 N–H and O–H groups in total. The van der Waals surface area contributed by atoms with Crippen molar-refractivity contribution in [1.82, 2.24) is 0 Å². The molecule has 0 fully saturated rings. The summed E-state index contributed by atoms with van der Waals surface area (Å²) in [4.78, 5) is 9.81. The number of aliphatic hydroxyl groups excluding tert-OH is 1. The van der Waals surface area contributed by atoms with Gasteiger partial charge in [-0.05, 0) is 12.8 Å². The van der Waals surface area contributed by atoms with Crippen LogP contribution in [0.2, 0.25) is 0 Å². The number of hydrogen-bond donors (Lipinski definition) is 1. The third-order valence-electron chi connectivity index (χ3n) is 1.10. The van der Waals surface area contributed by atoms with Crippen LogP contribution in [-0.2, 0) is 9.53 Å². The molecule has 0 aromatic heterocycles. The van der Waals surface area contributed by atoms with Gasteiger partial charge in [0.2, 0.25) is 0 Å². The van der Waals surface area contributed by atoms with Crippen LogP contribution in [0.3, 0.4) is 0 Å². The second-order valence-electron chi connectivity index (χ2n) is 2.00. The minimum Gasteiger partial charge on any atom is -0.394 e. The highest BCUT2D eigenvalue weighted by atomic mass is 16.5. The number of hydrogen-bond acceptors (Lipinski definition) is 3. The maximum atomic E-state index is 9.81. The van der Waals surface area contributed by atoms with Gasteiger partial charge >= 0.3 is 0 Å². The van der Waals surface area contributed by atoms with Crippen molar-refractivity contribution in [2.24, 2.45) is 0 Å². The van der Waals surface area contributed by atoms with Crippen LogP contribution in [0, 0.1) is 0 Å². The highest BCUT2D eigenvalue weighted by Gasteiger charge is 1.87. The van der Waals surface area contributed by atoms with Crippen LogP contribution in [0.25, 0.3) is 0 Å². The molecular weight excluding hydrogens is 132 g/mol. The second-order valence-corrected chi connectivity index (χ2v) is 2.00. The maximum Gasteiger partial charge on any atom is 0.119 e. The fraction of sp³-hybridized carbons (Fsp3) is 0.857. The average molecular weight is 146 g/mol. The highest BCUT2D eigenvalue weighted by Crippen LogP contribution is 1.92. The molecule has 0 unspecified atom stereocenters. The monoisotopic (exact) mass is 146 g/mol. The highest BCUT2D eigenvalue weighted by molar-refractivity contribution is 5.48. The summed E-state index contributed by atoms with van der Waals surface area (Å²) in [5.41, 5.74) is 0. The minimum absolute atomic E-state index is 0.0771. The van der Waals surface area contributed by atoms with E-state index in [0.717, 1.165) is 19.1 Å². The van der Waals surface area contributed by atoms with Gasteiger partial charge in [-0.25, -0.2) is 0 Å². The Hall–Kier alpha value is -0.410. The number of carbonyl (C=O) groups is 1. The summed E-state index contributed by atoms with van der Waals surface area (Å²) in [6.45, 7) is 1.13. The van der Waals surface area contributed by atoms with Crippen LogP contribution in [0.1, 0.15) is 19.3 Å². The van der Waals surface area contributed by atoms with E-state index in [1.165, 1.54) is 0 Å². The predicted octanol–water partition coefficient (Wildman–Crippen LogP) is 0.364. The average Bonchev–Trinajstić information content (AvgIpc) is 1.97. The van der Waals surface area contributed by atoms with Gasteiger partial charge in [-0.1, -0.05) is 0 Å². The fourth-order valence-electron chi connectivity index (χ4n) is 0.598. The van der Waals surface area contributed by atoms with Crippen LogP contribution < -0.4 is 0 Å². The van der Waals surface area contributed by atoms with Crippen LogP contribution in [0.4, 0.5) is 0 Å².